The molecule has 2 atom stereocenters. The van der Waals surface area contributed by atoms with E-state index in [9.17, 15) is 0 Å². The molecule has 1 rings (SSSR count). The summed E-state index contributed by atoms with van der Waals surface area (Å²) in [6.07, 6.45) is 3.99. The first-order chi connectivity index (χ1) is 10.9. The van der Waals surface area contributed by atoms with Gasteiger partial charge in [0.1, 0.15) is 5.22 Å². The number of hydrogen-bond acceptors (Lipinski definition) is 5. The molecule has 23 heavy (non-hydrogen) atoms. The molecule has 140 valence electrons. The van der Waals surface area contributed by atoms with E-state index in [1.807, 2.05) is 34.9 Å². The molecular formula is C17H40N2O3Si. The van der Waals surface area contributed by atoms with Crippen molar-refractivity contribution in [2.45, 2.75) is 77.1 Å². The zero-order chi connectivity index (χ0) is 18.0. The lowest BCUT2D eigenvalue weighted by atomic mass is 9.86. The Morgan fingerprint density at radius 2 is 1.57 bits per heavy atom. The molecule has 0 saturated carbocycles. The summed E-state index contributed by atoms with van der Waals surface area (Å²) in [4.78, 5) is 0. The molecule has 0 bridgehead atoms. The highest BCUT2D eigenvalue weighted by molar-refractivity contribution is 6.71. The van der Waals surface area contributed by atoms with Crippen LogP contribution in [0.5, 0.6) is 0 Å². The average molecular weight is 349 g/mol. The minimum atomic E-state index is -2.49. The summed E-state index contributed by atoms with van der Waals surface area (Å²) in [6, 6.07) is 0.988. The van der Waals surface area contributed by atoms with Gasteiger partial charge in [-0.3, -0.25) is 0 Å². The SMILES string of the molecule is CCCC1(OCC)C(C)(N)CCC[Si]1(OCC)OCC.CNC. The lowest BCUT2D eigenvalue weighted by molar-refractivity contribution is -0.0863. The first-order valence-electron chi connectivity index (χ1n) is 9.16. The molecule has 0 aliphatic carbocycles. The average Bonchev–Trinajstić information content (AvgIpc) is 2.46. The van der Waals surface area contributed by atoms with Gasteiger partial charge in [-0.05, 0) is 67.1 Å². The van der Waals surface area contributed by atoms with Crippen molar-refractivity contribution in [2.24, 2.45) is 5.73 Å². The van der Waals surface area contributed by atoms with Crippen molar-refractivity contribution in [3.05, 3.63) is 0 Å². The minimum absolute atomic E-state index is 0.381. The van der Waals surface area contributed by atoms with Gasteiger partial charge in [-0.25, -0.2) is 0 Å². The van der Waals surface area contributed by atoms with Gasteiger partial charge in [0.2, 0.25) is 0 Å². The maximum absolute atomic E-state index is 6.72. The molecule has 0 aromatic carbocycles. The molecule has 1 fully saturated rings. The fourth-order valence-corrected chi connectivity index (χ4v) is 8.64. The van der Waals surface area contributed by atoms with Gasteiger partial charge in [-0.1, -0.05) is 13.3 Å². The van der Waals surface area contributed by atoms with Crippen LogP contribution in [0.3, 0.4) is 0 Å². The molecule has 2 unspecified atom stereocenters. The molecule has 1 aliphatic rings. The zero-order valence-electron chi connectivity index (χ0n) is 16.5. The fraction of sp³-hybridized carbons (Fsp3) is 1.00. The molecule has 0 radical (unpaired) electrons. The Hall–Kier alpha value is 0.0169. The van der Waals surface area contributed by atoms with Crippen LogP contribution >= 0.6 is 0 Å². The summed E-state index contributed by atoms with van der Waals surface area (Å²) in [7, 11) is 1.26. The molecular weight excluding hydrogens is 308 g/mol. The van der Waals surface area contributed by atoms with Gasteiger partial charge in [0.25, 0.3) is 0 Å². The van der Waals surface area contributed by atoms with Crippen LogP contribution in [0.1, 0.15) is 60.3 Å². The van der Waals surface area contributed by atoms with Crippen molar-refractivity contribution in [1.82, 2.24) is 5.32 Å². The van der Waals surface area contributed by atoms with E-state index in [-0.39, 0.29) is 5.54 Å². The summed E-state index contributed by atoms with van der Waals surface area (Å²) in [5, 5.41) is 2.31. The second-order valence-electron chi connectivity index (χ2n) is 6.40. The van der Waals surface area contributed by atoms with E-state index in [1.54, 1.807) is 0 Å². The van der Waals surface area contributed by atoms with Crippen LogP contribution < -0.4 is 11.1 Å². The van der Waals surface area contributed by atoms with Gasteiger partial charge in [0.15, 0.2) is 0 Å². The number of hydrogen-bond donors (Lipinski definition) is 2. The third-order valence-electron chi connectivity index (χ3n) is 4.49. The fourth-order valence-electron chi connectivity index (χ4n) is 3.83. The summed E-state index contributed by atoms with van der Waals surface area (Å²) in [5.41, 5.74) is 6.33. The van der Waals surface area contributed by atoms with Crippen LogP contribution in [0.4, 0.5) is 0 Å². The highest BCUT2D eigenvalue weighted by atomic mass is 28.4. The van der Waals surface area contributed by atoms with Gasteiger partial charge in [0.05, 0.1) is 0 Å². The molecule has 1 saturated heterocycles. The van der Waals surface area contributed by atoms with E-state index in [0.29, 0.717) is 19.8 Å². The monoisotopic (exact) mass is 348 g/mol. The van der Waals surface area contributed by atoms with Crippen molar-refractivity contribution >= 4 is 8.56 Å². The van der Waals surface area contributed by atoms with Crippen molar-refractivity contribution < 1.29 is 13.6 Å². The molecule has 1 heterocycles. The second kappa shape index (κ2) is 10.8. The molecule has 0 aromatic rings. The predicted molar refractivity (Wildman–Crippen MR) is 99.9 cm³/mol. The van der Waals surface area contributed by atoms with Gasteiger partial charge in [0, 0.05) is 25.4 Å². The van der Waals surface area contributed by atoms with E-state index in [2.05, 4.69) is 19.2 Å². The summed E-state index contributed by atoms with van der Waals surface area (Å²) in [6.45, 7) is 12.4. The Bertz CT molecular complexity index is 297. The maximum atomic E-state index is 6.72. The van der Waals surface area contributed by atoms with E-state index in [4.69, 9.17) is 19.3 Å². The van der Waals surface area contributed by atoms with E-state index >= 15 is 0 Å². The Labute approximate surface area is 144 Å². The Morgan fingerprint density at radius 3 is 1.96 bits per heavy atom. The first-order valence-corrected chi connectivity index (χ1v) is 11.2. The summed E-state index contributed by atoms with van der Waals surface area (Å²) < 4.78 is 18.9. The predicted octanol–water partition coefficient (Wildman–Crippen LogP) is 2.96. The topological polar surface area (TPSA) is 65.7 Å². The molecule has 0 amide bonds. The lowest BCUT2D eigenvalue weighted by Crippen LogP contribution is -2.78. The van der Waals surface area contributed by atoms with E-state index in [0.717, 1.165) is 31.7 Å². The molecule has 1 aliphatic heterocycles. The normalized spacial score (nSPS) is 29.7. The largest absolute Gasteiger partial charge is 0.393 e. The Balaban J connectivity index is 0.00000149. The molecule has 6 heteroatoms. The molecule has 3 N–H and O–H groups in total. The van der Waals surface area contributed by atoms with Crippen LogP contribution in [0, 0.1) is 0 Å². The standard InChI is InChI=1S/C15H33NO3Si.C2H7N/c1-6-11-15(17-7-2)14(5,16)12-10-13-20(15,18-8-3)19-9-4;1-3-2/h6-13,16H2,1-5H3;3H,1-2H3. The van der Waals surface area contributed by atoms with Gasteiger partial charge >= 0.3 is 8.56 Å². The van der Waals surface area contributed by atoms with Crippen LogP contribution in [0.15, 0.2) is 0 Å². The van der Waals surface area contributed by atoms with Gasteiger partial charge in [-0.15, -0.1) is 0 Å². The molecule has 5 nitrogen and oxygen atoms in total. The zero-order valence-corrected chi connectivity index (χ0v) is 17.5. The number of ether oxygens (including phenoxy) is 1. The molecule has 0 spiro atoms. The van der Waals surface area contributed by atoms with Crippen LogP contribution in [0.25, 0.3) is 0 Å². The van der Waals surface area contributed by atoms with Crippen molar-refractivity contribution in [3.63, 3.8) is 0 Å². The van der Waals surface area contributed by atoms with Crippen molar-refractivity contribution in [2.75, 3.05) is 33.9 Å². The third kappa shape index (κ3) is 5.00. The van der Waals surface area contributed by atoms with E-state index in [1.165, 1.54) is 0 Å². The maximum Gasteiger partial charge on any atom is 0.373 e. The Kier molecular flexibility index (Phi) is 10.8. The molecule has 0 aromatic heterocycles. The van der Waals surface area contributed by atoms with Crippen LogP contribution in [-0.4, -0.2) is 53.2 Å². The Morgan fingerprint density at radius 1 is 1.04 bits per heavy atom. The third-order valence-corrected chi connectivity index (χ3v) is 9.21. The number of rotatable bonds is 8. The minimum Gasteiger partial charge on any atom is -0.393 e. The highest BCUT2D eigenvalue weighted by Gasteiger charge is 2.67. The second-order valence-corrected chi connectivity index (χ2v) is 9.79. The summed E-state index contributed by atoms with van der Waals surface area (Å²) in [5.74, 6) is 0. The highest BCUT2D eigenvalue weighted by Crippen LogP contribution is 2.48. The van der Waals surface area contributed by atoms with Gasteiger partial charge in [-0.2, -0.15) is 0 Å². The van der Waals surface area contributed by atoms with Crippen molar-refractivity contribution in [3.8, 4) is 0 Å². The smallest absolute Gasteiger partial charge is 0.373 e. The van der Waals surface area contributed by atoms with E-state index < -0.39 is 13.8 Å². The van der Waals surface area contributed by atoms with Crippen LogP contribution in [-0.2, 0) is 13.6 Å². The van der Waals surface area contributed by atoms with Gasteiger partial charge < -0.3 is 24.6 Å². The number of nitrogens with one attached hydrogen (secondary N) is 1. The quantitative estimate of drug-likeness (QED) is 0.660. The van der Waals surface area contributed by atoms with Crippen molar-refractivity contribution in [1.29, 1.82) is 0 Å². The first kappa shape index (κ1) is 23.0. The number of nitrogens with two attached hydrogens (primary N) is 1. The summed E-state index contributed by atoms with van der Waals surface area (Å²) >= 11 is 0. The lowest BCUT2D eigenvalue weighted by Gasteiger charge is -2.57. The van der Waals surface area contributed by atoms with Crippen LogP contribution in [0.2, 0.25) is 6.04 Å².